The number of likely N-dealkylation sites (N-methyl/N-ethyl adjacent to an activating group) is 1. The Kier molecular flexibility index (Phi) is 12.1. The third kappa shape index (κ3) is 9.88. The van der Waals surface area contributed by atoms with E-state index in [1.165, 1.54) is 89.9 Å². The van der Waals surface area contributed by atoms with Gasteiger partial charge in [0.05, 0.1) is 0 Å². The van der Waals surface area contributed by atoms with Crippen molar-refractivity contribution in [2.24, 2.45) is 0 Å². The molecule has 0 spiro atoms. The zero-order chi connectivity index (χ0) is 16.8. The molecule has 0 atom stereocenters. The highest BCUT2D eigenvalue weighted by Gasteiger charge is 2.20. The van der Waals surface area contributed by atoms with Crippen molar-refractivity contribution in [3.8, 4) is 0 Å². The van der Waals surface area contributed by atoms with Crippen LogP contribution >= 0.6 is 0 Å². The van der Waals surface area contributed by atoms with E-state index in [1.54, 1.807) is 0 Å². The molecule has 0 radical (unpaired) electrons. The Labute approximate surface area is 145 Å². The topological polar surface area (TPSA) is 30.3 Å². The van der Waals surface area contributed by atoms with Gasteiger partial charge in [0.15, 0.2) is 5.96 Å². The van der Waals surface area contributed by atoms with E-state index in [0.717, 1.165) is 25.6 Å². The van der Waals surface area contributed by atoms with Gasteiger partial charge >= 0.3 is 0 Å². The molecule has 23 heavy (non-hydrogen) atoms. The highest BCUT2D eigenvalue weighted by molar-refractivity contribution is 5.78. The van der Waals surface area contributed by atoms with Crippen molar-refractivity contribution in [3.63, 3.8) is 0 Å². The third-order valence-electron chi connectivity index (χ3n) is 5.15. The van der Waals surface area contributed by atoms with Gasteiger partial charge in [0, 0.05) is 26.7 Å². The molecule has 0 amide bonds. The number of hydrogen-bond acceptors (Lipinski definition) is 1. The van der Waals surface area contributed by atoms with E-state index in [-0.39, 0.29) is 0 Å². The number of rotatable bonds is 15. The van der Waals surface area contributed by atoms with Crippen molar-refractivity contribution in [2.75, 3.05) is 26.7 Å². The zero-order valence-electron chi connectivity index (χ0n) is 15.9. The van der Waals surface area contributed by atoms with Gasteiger partial charge in [-0.05, 0) is 6.42 Å². The van der Waals surface area contributed by atoms with Crippen LogP contribution in [0.25, 0.3) is 0 Å². The molecule has 0 saturated carbocycles. The molecular formula is C20H41N3. The van der Waals surface area contributed by atoms with Gasteiger partial charge in [-0.15, -0.1) is 0 Å². The molecule has 0 bridgehead atoms. The Morgan fingerprint density at radius 3 is 1.52 bits per heavy atom. The van der Waals surface area contributed by atoms with Crippen LogP contribution in [0.1, 0.15) is 96.8 Å². The molecule has 3 heteroatoms. The Morgan fingerprint density at radius 1 is 0.696 bits per heavy atom. The molecule has 0 aromatic carbocycles. The van der Waals surface area contributed by atoms with Gasteiger partial charge in [0.1, 0.15) is 0 Å². The van der Waals surface area contributed by atoms with E-state index in [9.17, 15) is 0 Å². The Hall–Kier alpha value is -0.730. The smallest absolute Gasteiger partial charge is 0.193 e. The summed E-state index contributed by atoms with van der Waals surface area (Å²) in [6.45, 7) is 5.45. The van der Waals surface area contributed by atoms with Crippen LogP contribution in [0.3, 0.4) is 0 Å². The number of guanidine groups is 1. The molecule has 1 N–H and O–H groups in total. The van der Waals surface area contributed by atoms with Crippen molar-refractivity contribution in [1.29, 1.82) is 5.41 Å². The van der Waals surface area contributed by atoms with Gasteiger partial charge in [0.25, 0.3) is 0 Å². The maximum atomic E-state index is 7.94. The van der Waals surface area contributed by atoms with Crippen molar-refractivity contribution < 1.29 is 0 Å². The van der Waals surface area contributed by atoms with Crippen LogP contribution in [0, 0.1) is 5.41 Å². The van der Waals surface area contributed by atoms with E-state index >= 15 is 0 Å². The molecule has 1 aliphatic rings. The number of hydrogen-bond donors (Lipinski definition) is 1. The number of unbranched alkanes of at least 4 members (excludes halogenated alkanes) is 13. The fourth-order valence-electron chi connectivity index (χ4n) is 3.44. The fourth-order valence-corrected chi connectivity index (χ4v) is 3.44. The average molecular weight is 324 g/mol. The van der Waals surface area contributed by atoms with Crippen LogP contribution in [-0.4, -0.2) is 42.4 Å². The van der Waals surface area contributed by atoms with Crippen molar-refractivity contribution in [3.05, 3.63) is 0 Å². The highest BCUT2D eigenvalue weighted by Crippen LogP contribution is 2.13. The van der Waals surface area contributed by atoms with E-state index < -0.39 is 0 Å². The van der Waals surface area contributed by atoms with Gasteiger partial charge in [0.2, 0.25) is 0 Å². The highest BCUT2D eigenvalue weighted by atomic mass is 15.4. The third-order valence-corrected chi connectivity index (χ3v) is 5.15. The summed E-state index contributed by atoms with van der Waals surface area (Å²) in [6, 6.07) is 0. The Morgan fingerprint density at radius 2 is 1.13 bits per heavy atom. The van der Waals surface area contributed by atoms with E-state index in [4.69, 9.17) is 5.41 Å². The van der Waals surface area contributed by atoms with Gasteiger partial charge in [-0.25, -0.2) is 0 Å². The molecule has 0 aromatic rings. The van der Waals surface area contributed by atoms with Gasteiger partial charge in [-0.3, -0.25) is 5.41 Å². The summed E-state index contributed by atoms with van der Waals surface area (Å²) in [5, 5.41) is 7.94. The van der Waals surface area contributed by atoms with Gasteiger partial charge in [-0.2, -0.15) is 0 Å². The summed E-state index contributed by atoms with van der Waals surface area (Å²) >= 11 is 0. The molecule has 0 unspecified atom stereocenters. The average Bonchev–Trinajstić information content (AvgIpc) is 2.87. The van der Waals surface area contributed by atoms with Crippen molar-refractivity contribution in [1.82, 2.24) is 9.80 Å². The lowest BCUT2D eigenvalue weighted by Gasteiger charge is -2.18. The monoisotopic (exact) mass is 323 g/mol. The van der Waals surface area contributed by atoms with Crippen LogP contribution in [0.15, 0.2) is 0 Å². The minimum atomic E-state index is 0.722. The first-order chi connectivity index (χ1) is 11.3. The molecule has 0 aliphatic carbocycles. The second-order valence-corrected chi connectivity index (χ2v) is 7.33. The summed E-state index contributed by atoms with van der Waals surface area (Å²) in [5.74, 6) is 0.722. The van der Waals surface area contributed by atoms with Crippen LogP contribution in [0.4, 0.5) is 0 Å². The second-order valence-electron chi connectivity index (χ2n) is 7.33. The first-order valence-electron chi connectivity index (χ1n) is 10.3. The van der Waals surface area contributed by atoms with Crippen molar-refractivity contribution in [2.45, 2.75) is 96.8 Å². The van der Waals surface area contributed by atoms with Crippen molar-refractivity contribution >= 4 is 5.96 Å². The summed E-state index contributed by atoms with van der Waals surface area (Å²) in [6.07, 6.45) is 19.8. The maximum Gasteiger partial charge on any atom is 0.193 e. The molecule has 1 heterocycles. The second kappa shape index (κ2) is 13.7. The molecular weight excluding hydrogens is 282 g/mol. The summed E-state index contributed by atoms with van der Waals surface area (Å²) in [7, 11) is 2.02. The summed E-state index contributed by atoms with van der Waals surface area (Å²) < 4.78 is 0. The largest absolute Gasteiger partial charge is 0.344 e. The Balaban J connectivity index is 1.74. The number of nitrogens with one attached hydrogen (secondary N) is 1. The van der Waals surface area contributed by atoms with Crippen LogP contribution in [0.2, 0.25) is 0 Å². The zero-order valence-corrected chi connectivity index (χ0v) is 15.9. The summed E-state index contributed by atoms with van der Waals surface area (Å²) in [5.41, 5.74) is 0. The Bertz CT molecular complexity index is 291. The molecule has 3 nitrogen and oxygen atoms in total. The minimum Gasteiger partial charge on any atom is -0.344 e. The van der Waals surface area contributed by atoms with Gasteiger partial charge in [-0.1, -0.05) is 90.4 Å². The predicted octanol–water partition coefficient (Wildman–Crippen LogP) is 5.65. The lowest BCUT2D eigenvalue weighted by Crippen LogP contribution is -2.30. The molecule has 1 fully saturated rings. The first-order valence-corrected chi connectivity index (χ1v) is 10.3. The molecule has 1 saturated heterocycles. The number of nitrogens with zero attached hydrogens (tertiary/aromatic N) is 2. The van der Waals surface area contributed by atoms with Crippen LogP contribution < -0.4 is 0 Å². The standard InChI is InChI=1S/C20H41N3/c1-3-4-5-6-7-8-9-10-11-12-13-14-15-16-17-23-19-18-22(2)20(23)21/h21H,3-19H2,1-2H3. The normalized spacial score (nSPS) is 15.0. The molecule has 0 aromatic heterocycles. The maximum absolute atomic E-state index is 7.94. The fraction of sp³-hybridized carbons (Fsp3) is 0.950. The lowest BCUT2D eigenvalue weighted by molar-refractivity contribution is 0.431. The minimum absolute atomic E-state index is 0.722. The first kappa shape index (κ1) is 20.3. The van der Waals surface area contributed by atoms with Gasteiger partial charge < -0.3 is 9.80 Å². The molecule has 1 rings (SSSR count). The quantitative estimate of drug-likeness (QED) is 0.395. The van der Waals surface area contributed by atoms with Crippen LogP contribution in [0.5, 0.6) is 0 Å². The molecule has 136 valence electrons. The van der Waals surface area contributed by atoms with E-state index in [2.05, 4.69) is 11.8 Å². The lowest BCUT2D eigenvalue weighted by atomic mass is 10.0. The predicted molar refractivity (Wildman–Crippen MR) is 102 cm³/mol. The molecule has 1 aliphatic heterocycles. The van der Waals surface area contributed by atoms with Crippen LogP contribution in [-0.2, 0) is 0 Å². The van der Waals surface area contributed by atoms with E-state index in [0.29, 0.717) is 0 Å². The van der Waals surface area contributed by atoms with E-state index in [1.807, 2.05) is 11.9 Å². The SMILES string of the molecule is CCCCCCCCCCCCCCCCN1CCN(C)C1=N. The summed E-state index contributed by atoms with van der Waals surface area (Å²) in [4.78, 5) is 4.27.